The molecule has 0 N–H and O–H groups in total. The number of benzene rings is 1. The average Bonchev–Trinajstić information content (AvgIpc) is 2.53. The number of esters is 1. The van der Waals surface area contributed by atoms with E-state index in [1.54, 1.807) is 14.0 Å². The van der Waals surface area contributed by atoms with Crippen LogP contribution in [0.1, 0.15) is 43.4 Å². The number of allylic oxidation sites excluding steroid dienone is 5. The van der Waals surface area contributed by atoms with Crippen molar-refractivity contribution in [3.05, 3.63) is 59.0 Å². The lowest BCUT2D eigenvalue weighted by Crippen LogP contribution is -2.03. The minimum atomic E-state index is -0.398. The number of methoxy groups -OCH3 is 1. The first-order valence-electron chi connectivity index (χ1n) is 8.33. The predicted molar refractivity (Wildman–Crippen MR) is 100 cm³/mol. The molecule has 0 atom stereocenters. The Labute approximate surface area is 149 Å². The van der Waals surface area contributed by atoms with E-state index in [1.165, 1.54) is 6.08 Å². The smallest absolute Gasteiger partial charge is 0.306 e. The van der Waals surface area contributed by atoms with Gasteiger partial charge in [-0.05, 0) is 62.1 Å². The van der Waals surface area contributed by atoms with E-state index in [0.717, 1.165) is 28.0 Å². The van der Waals surface area contributed by atoms with Crippen molar-refractivity contribution < 1.29 is 18.7 Å². The van der Waals surface area contributed by atoms with Crippen LogP contribution in [-0.4, -0.2) is 19.7 Å². The minimum absolute atomic E-state index is 0.00836. The van der Waals surface area contributed by atoms with Crippen LogP contribution in [0.15, 0.2) is 42.3 Å². The number of halogens is 1. The fourth-order valence-corrected chi connectivity index (χ4v) is 2.64. The lowest BCUT2D eigenvalue weighted by Gasteiger charge is -2.15. The molecule has 0 aliphatic rings. The van der Waals surface area contributed by atoms with Crippen molar-refractivity contribution in [2.75, 3.05) is 13.7 Å². The van der Waals surface area contributed by atoms with Gasteiger partial charge in [0.05, 0.1) is 20.1 Å². The van der Waals surface area contributed by atoms with E-state index in [2.05, 4.69) is 6.58 Å². The summed E-state index contributed by atoms with van der Waals surface area (Å²) < 4.78 is 24.6. The van der Waals surface area contributed by atoms with Gasteiger partial charge in [0.25, 0.3) is 0 Å². The molecule has 0 heterocycles. The summed E-state index contributed by atoms with van der Waals surface area (Å²) in [4.78, 5) is 11.4. The Balaban J connectivity index is 3.22. The molecule has 0 amide bonds. The number of aryl methyl sites for hydroxylation is 1. The van der Waals surface area contributed by atoms with Gasteiger partial charge in [0.1, 0.15) is 11.6 Å². The standard InChI is InChI=1S/C21H27FO3/c1-7-25-20(23)11-9-18(22)13-17(12-14(2)3)21-15(4)8-10-19(24-6)16(21)5/h8,10,12-13H,2,7,9,11H2,1,3-6H3/b17-12+,18-13-. The number of carbonyl (C=O) groups is 1. The molecule has 0 spiro atoms. The number of hydrogen-bond donors (Lipinski definition) is 0. The molecule has 0 radical (unpaired) electrons. The SMILES string of the molecule is C=C(C)/C=C(\C=C(/F)CCC(=O)OCC)c1c(C)ccc(OC)c1C. The summed E-state index contributed by atoms with van der Waals surface area (Å²) in [6.45, 7) is 11.7. The largest absolute Gasteiger partial charge is 0.496 e. The highest BCUT2D eigenvalue weighted by atomic mass is 19.1. The maximum absolute atomic E-state index is 14.4. The summed E-state index contributed by atoms with van der Waals surface area (Å²) in [5.74, 6) is -0.0269. The maximum atomic E-state index is 14.4. The third-order valence-electron chi connectivity index (χ3n) is 3.72. The second kappa shape index (κ2) is 9.82. The quantitative estimate of drug-likeness (QED) is 0.462. The zero-order chi connectivity index (χ0) is 19.0. The summed E-state index contributed by atoms with van der Waals surface area (Å²) >= 11 is 0. The average molecular weight is 346 g/mol. The minimum Gasteiger partial charge on any atom is -0.496 e. The van der Waals surface area contributed by atoms with Crippen LogP contribution in [0, 0.1) is 13.8 Å². The topological polar surface area (TPSA) is 35.5 Å². The Kier molecular flexibility index (Phi) is 8.12. The molecule has 4 heteroatoms. The molecule has 0 bridgehead atoms. The first kappa shape index (κ1) is 20.7. The molecule has 3 nitrogen and oxygen atoms in total. The lowest BCUT2D eigenvalue weighted by atomic mass is 9.93. The molecule has 0 saturated heterocycles. The van der Waals surface area contributed by atoms with Gasteiger partial charge in [0, 0.05) is 6.42 Å². The Bertz CT molecular complexity index is 699. The van der Waals surface area contributed by atoms with Gasteiger partial charge in [-0.25, -0.2) is 4.39 Å². The van der Waals surface area contributed by atoms with Gasteiger partial charge >= 0.3 is 5.97 Å². The van der Waals surface area contributed by atoms with E-state index in [-0.39, 0.29) is 18.7 Å². The zero-order valence-corrected chi connectivity index (χ0v) is 15.7. The molecule has 1 rings (SSSR count). The van der Waals surface area contributed by atoms with E-state index in [0.29, 0.717) is 12.2 Å². The summed E-state index contributed by atoms with van der Waals surface area (Å²) in [6.07, 6.45) is 3.32. The van der Waals surface area contributed by atoms with E-state index in [4.69, 9.17) is 9.47 Å². The van der Waals surface area contributed by atoms with Crippen molar-refractivity contribution in [3.63, 3.8) is 0 Å². The molecule has 136 valence electrons. The third kappa shape index (κ3) is 6.22. The molecule has 0 saturated carbocycles. The van der Waals surface area contributed by atoms with E-state index in [1.807, 2.05) is 39.0 Å². The molecule has 0 aromatic heterocycles. The fraction of sp³-hybridized carbons (Fsp3) is 0.381. The van der Waals surface area contributed by atoms with Gasteiger partial charge in [0.2, 0.25) is 0 Å². The van der Waals surface area contributed by atoms with Crippen LogP contribution in [0.4, 0.5) is 4.39 Å². The van der Waals surface area contributed by atoms with Gasteiger partial charge in [-0.3, -0.25) is 4.79 Å². The Morgan fingerprint density at radius 1 is 1.24 bits per heavy atom. The van der Waals surface area contributed by atoms with Crippen molar-refractivity contribution in [3.8, 4) is 5.75 Å². The lowest BCUT2D eigenvalue weighted by molar-refractivity contribution is -0.143. The predicted octanol–water partition coefficient (Wildman–Crippen LogP) is 5.47. The second-order valence-electron chi connectivity index (χ2n) is 5.93. The van der Waals surface area contributed by atoms with Crippen molar-refractivity contribution >= 4 is 11.5 Å². The first-order chi connectivity index (χ1) is 11.8. The normalized spacial score (nSPS) is 12.1. The summed E-state index contributed by atoms with van der Waals surface area (Å²) in [6, 6.07) is 3.84. The van der Waals surface area contributed by atoms with E-state index >= 15 is 0 Å². The Hall–Kier alpha value is -2.36. The summed E-state index contributed by atoms with van der Waals surface area (Å²) in [5.41, 5.74) is 4.38. The van der Waals surface area contributed by atoms with Crippen molar-refractivity contribution in [1.82, 2.24) is 0 Å². The zero-order valence-electron chi connectivity index (χ0n) is 15.7. The van der Waals surface area contributed by atoms with Gasteiger partial charge in [-0.1, -0.05) is 24.3 Å². The van der Waals surface area contributed by atoms with Crippen LogP contribution in [0.2, 0.25) is 0 Å². The highest BCUT2D eigenvalue weighted by Crippen LogP contribution is 2.32. The van der Waals surface area contributed by atoms with Gasteiger partial charge in [0.15, 0.2) is 0 Å². The van der Waals surface area contributed by atoms with Crippen LogP contribution in [0.5, 0.6) is 5.75 Å². The monoisotopic (exact) mass is 346 g/mol. The number of ether oxygens (including phenoxy) is 2. The molecule has 1 aromatic carbocycles. The van der Waals surface area contributed by atoms with Crippen LogP contribution in [-0.2, 0) is 9.53 Å². The fourth-order valence-electron chi connectivity index (χ4n) is 2.64. The molecule has 0 fully saturated rings. The van der Waals surface area contributed by atoms with Crippen LogP contribution in [0.25, 0.3) is 5.57 Å². The number of rotatable bonds is 8. The highest BCUT2D eigenvalue weighted by molar-refractivity contribution is 5.81. The summed E-state index contributed by atoms with van der Waals surface area (Å²) in [5, 5.41) is 0. The van der Waals surface area contributed by atoms with E-state index in [9.17, 15) is 9.18 Å². The van der Waals surface area contributed by atoms with Crippen LogP contribution in [0.3, 0.4) is 0 Å². The molecular formula is C21H27FO3. The Morgan fingerprint density at radius 2 is 1.92 bits per heavy atom. The van der Waals surface area contributed by atoms with Crippen molar-refractivity contribution in [2.45, 2.75) is 40.5 Å². The van der Waals surface area contributed by atoms with Gasteiger partial charge in [-0.15, -0.1) is 0 Å². The van der Waals surface area contributed by atoms with Gasteiger partial charge in [-0.2, -0.15) is 0 Å². The van der Waals surface area contributed by atoms with Crippen molar-refractivity contribution in [1.29, 1.82) is 0 Å². The Morgan fingerprint density at radius 3 is 2.48 bits per heavy atom. The molecule has 0 aliphatic carbocycles. The molecular weight excluding hydrogens is 319 g/mol. The highest BCUT2D eigenvalue weighted by Gasteiger charge is 2.13. The molecule has 1 aromatic rings. The van der Waals surface area contributed by atoms with Crippen LogP contribution >= 0.6 is 0 Å². The molecule has 0 unspecified atom stereocenters. The third-order valence-corrected chi connectivity index (χ3v) is 3.72. The van der Waals surface area contributed by atoms with Gasteiger partial charge < -0.3 is 9.47 Å². The maximum Gasteiger partial charge on any atom is 0.306 e. The van der Waals surface area contributed by atoms with Crippen molar-refractivity contribution in [2.24, 2.45) is 0 Å². The molecule has 0 aliphatic heterocycles. The number of carbonyl (C=O) groups excluding carboxylic acids is 1. The molecule has 25 heavy (non-hydrogen) atoms. The first-order valence-corrected chi connectivity index (χ1v) is 8.33. The number of hydrogen-bond acceptors (Lipinski definition) is 3. The van der Waals surface area contributed by atoms with E-state index < -0.39 is 5.97 Å². The van der Waals surface area contributed by atoms with Crippen LogP contribution < -0.4 is 4.74 Å². The second-order valence-corrected chi connectivity index (χ2v) is 5.93. The summed E-state index contributed by atoms with van der Waals surface area (Å²) in [7, 11) is 1.61.